The van der Waals surface area contributed by atoms with Crippen LogP contribution in [0.1, 0.15) is 9.67 Å². The van der Waals surface area contributed by atoms with Gasteiger partial charge in [-0.25, -0.2) is 10.2 Å². The van der Waals surface area contributed by atoms with Gasteiger partial charge in [0.2, 0.25) is 0 Å². The topological polar surface area (TPSA) is 81.1 Å². The van der Waals surface area contributed by atoms with Crippen molar-refractivity contribution < 1.29 is 9.18 Å². The Bertz CT molecular complexity index is 550. The Hall–Kier alpha value is -1.92. The number of hydrazine groups is 1. The Morgan fingerprint density at radius 1 is 1.29 bits per heavy atom. The van der Waals surface area contributed by atoms with E-state index >= 15 is 0 Å². The molecular formula is C11H10FN3OS. The number of hydrogen-bond acceptors (Lipinski definition) is 4. The van der Waals surface area contributed by atoms with Crippen LogP contribution in [0.4, 0.5) is 10.1 Å². The third kappa shape index (κ3) is 2.27. The van der Waals surface area contributed by atoms with Gasteiger partial charge < -0.3 is 5.73 Å². The van der Waals surface area contributed by atoms with Crippen molar-refractivity contribution in [1.82, 2.24) is 5.43 Å². The van der Waals surface area contributed by atoms with Gasteiger partial charge in [0, 0.05) is 4.88 Å². The zero-order valence-electron chi connectivity index (χ0n) is 8.74. The molecule has 0 radical (unpaired) electrons. The predicted molar refractivity (Wildman–Crippen MR) is 65.8 cm³/mol. The van der Waals surface area contributed by atoms with Crippen LogP contribution in [-0.2, 0) is 0 Å². The Morgan fingerprint density at radius 2 is 1.94 bits per heavy atom. The molecule has 0 spiro atoms. The number of anilines is 1. The third-order valence-electron chi connectivity index (χ3n) is 2.23. The lowest BCUT2D eigenvalue weighted by atomic mass is 10.2. The molecule has 0 saturated carbocycles. The SMILES string of the molecule is NNC(=O)c1sc(-c2ccc(F)cc2)cc1N. The van der Waals surface area contributed by atoms with Crippen LogP contribution < -0.4 is 17.0 Å². The van der Waals surface area contributed by atoms with E-state index in [-0.39, 0.29) is 5.82 Å². The Balaban J connectivity index is 2.41. The largest absolute Gasteiger partial charge is 0.397 e. The van der Waals surface area contributed by atoms with Crippen molar-refractivity contribution in [2.24, 2.45) is 5.84 Å². The van der Waals surface area contributed by atoms with Gasteiger partial charge in [-0.3, -0.25) is 10.2 Å². The molecule has 1 amide bonds. The molecule has 6 heteroatoms. The maximum atomic E-state index is 12.8. The summed E-state index contributed by atoms with van der Waals surface area (Å²) in [5, 5.41) is 0. The van der Waals surface area contributed by atoms with Crippen LogP contribution in [0.3, 0.4) is 0 Å². The highest BCUT2D eigenvalue weighted by atomic mass is 32.1. The van der Waals surface area contributed by atoms with Gasteiger partial charge >= 0.3 is 0 Å². The first-order valence-corrected chi connectivity index (χ1v) is 5.59. The van der Waals surface area contributed by atoms with Crippen LogP contribution in [-0.4, -0.2) is 5.91 Å². The average Bonchev–Trinajstić information content (AvgIpc) is 2.71. The molecule has 1 aromatic carbocycles. The molecule has 0 saturated heterocycles. The summed E-state index contributed by atoms with van der Waals surface area (Å²) in [5.74, 6) is 4.31. The summed E-state index contributed by atoms with van der Waals surface area (Å²) < 4.78 is 12.8. The van der Waals surface area contributed by atoms with Crippen LogP contribution >= 0.6 is 11.3 Å². The highest BCUT2D eigenvalue weighted by molar-refractivity contribution is 7.18. The first kappa shape index (κ1) is 11.6. The molecule has 4 nitrogen and oxygen atoms in total. The number of rotatable bonds is 2. The lowest BCUT2D eigenvalue weighted by molar-refractivity contribution is 0.0958. The number of nitrogens with two attached hydrogens (primary N) is 2. The fourth-order valence-electron chi connectivity index (χ4n) is 1.40. The second-order valence-electron chi connectivity index (χ2n) is 3.38. The monoisotopic (exact) mass is 251 g/mol. The number of carbonyl (C=O) groups is 1. The van der Waals surface area contributed by atoms with Gasteiger partial charge in [-0.15, -0.1) is 11.3 Å². The fraction of sp³-hybridized carbons (Fsp3) is 0. The molecule has 5 N–H and O–H groups in total. The van der Waals surface area contributed by atoms with Crippen LogP contribution in [0.2, 0.25) is 0 Å². The van der Waals surface area contributed by atoms with Crippen molar-refractivity contribution in [3.05, 3.63) is 41.0 Å². The lowest BCUT2D eigenvalue weighted by Crippen LogP contribution is -2.29. The van der Waals surface area contributed by atoms with Crippen LogP contribution in [0.15, 0.2) is 30.3 Å². The Kier molecular flexibility index (Phi) is 3.08. The smallest absolute Gasteiger partial charge is 0.277 e. The fourth-order valence-corrected chi connectivity index (χ4v) is 2.39. The van der Waals surface area contributed by atoms with Gasteiger partial charge in [0.05, 0.1) is 5.69 Å². The molecule has 0 aliphatic heterocycles. The molecule has 17 heavy (non-hydrogen) atoms. The number of carbonyl (C=O) groups excluding carboxylic acids is 1. The average molecular weight is 251 g/mol. The molecule has 1 aromatic heterocycles. The van der Waals surface area contributed by atoms with Crippen LogP contribution in [0.25, 0.3) is 10.4 Å². The van der Waals surface area contributed by atoms with Gasteiger partial charge in [-0.05, 0) is 23.8 Å². The van der Waals surface area contributed by atoms with E-state index in [1.54, 1.807) is 18.2 Å². The van der Waals surface area contributed by atoms with E-state index in [0.717, 1.165) is 10.4 Å². The normalized spacial score (nSPS) is 10.2. The van der Waals surface area contributed by atoms with Gasteiger partial charge in [-0.2, -0.15) is 0 Å². The molecule has 88 valence electrons. The first-order chi connectivity index (χ1) is 8.11. The third-order valence-corrected chi connectivity index (χ3v) is 3.43. The summed E-state index contributed by atoms with van der Waals surface area (Å²) in [6, 6.07) is 7.64. The molecule has 0 bridgehead atoms. The second-order valence-corrected chi connectivity index (χ2v) is 4.43. The molecule has 1 heterocycles. The molecule has 0 aliphatic rings. The van der Waals surface area contributed by atoms with Gasteiger partial charge in [0.25, 0.3) is 5.91 Å². The molecule has 2 rings (SSSR count). The minimum Gasteiger partial charge on any atom is -0.397 e. The molecule has 0 atom stereocenters. The highest BCUT2D eigenvalue weighted by Gasteiger charge is 2.14. The Morgan fingerprint density at radius 3 is 2.53 bits per heavy atom. The number of amides is 1. The van der Waals surface area contributed by atoms with Crippen molar-refractivity contribution in [2.75, 3.05) is 5.73 Å². The molecule has 0 aliphatic carbocycles. The number of hydrogen-bond donors (Lipinski definition) is 3. The lowest BCUT2D eigenvalue weighted by Gasteiger charge is -1.96. The minimum absolute atomic E-state index is 0.307. The summed E-state index contributed by atoms with van der Waals surface area (Å²) in [7, 11) is 0. The van der Waals surface area contributed by atoms with E-state index in [4.69, 9.17) is 11.6 Å². The quantitative estimate of drug-likeness (QED) is 0.432. The molecule has 2 aromatic rings. The zero-order valence-corrected chi connectivity index (χ0v) is 9.55. The number of benzene rings is 1. The van der Waals surface area contributed by atoms with E-state index in [0.29, 0.717) is 10.6 Å². The van der Waals surface area contributed by atoms with Crippen molar-refractivity contribution in [2.45, 2.75) is 0 Å². The van der Waals surface area contributed by atoms with E-state index < -0.39 is 5.91 Å². The summed E-state index contributed by atoms with van der Waals surface area (Å²) >= 11 is 1.21. The van der Waals surface area contributed by atoms with Crippen molar-refractivity contribution in [3.63, 3.8) is 0 Å². The van der Waals surface area contributed by atoms with E-state index in [2.05, 4.69) is 0 Å². The van der Waals surface area contributed by atoms with E-state index in [9.17, 15) is 9.18 Å². The predicted octanol–water partition coefficient (Wildman–Crippen LogP) is 1.74. The van der Waals surface area contributed by atoms with Gasteiger partial charge in [-0.1, -0.05) is 12.1 Å². The molecule has 0 fully saturated rings. The highest BCUT2D eigenvalue weighted by Crippen LogP contribution is 2.33. The summed E-state index contributed by atoms with van der Waals surface area (Å²) in [6.45, 7) is 0. The standard InChI is InChI=1S/C11H10FN3OS/c12-7-3-1-6(2-4-7)9-5-8(13)10(17-9)11(16)15-14/h1-5H,13-14H2,(H,15,16). The number of thiophene rings is 1. The van der Waals surface area contributed by atoms with Crippen LogP contribution in [0, 0.1) is 5.82 Å². The number of halogens is 1. The van der Waals surface area contributed by atoms with Crippen molar-refractivity contribution in [1.29, 1.82) is 0 Å². The molecular weight excluding hydrogens is 241 g/mol. The summed E-state index contributed by atoms with van der Waals surface area (Å²) in [5.41, 5.74) is 8.90. The van der Waals surface area contributed by atoms with Crippen molar-refractivity contribution >= 4 is 22.9 Å². The number of nitrogens with one attached hydrogen (secondary N) is 1. The first-order valence-electron chi connectivity index (χ1n) is 4.78. The number of nitrogen functional groups attached to an aromatic ring is 2. The van der Waals surface area contributed by atoms with Crippen LogP contribution in [0.5, 0.6) is 0 Å². The maximum Gasteiger partial charge on any atom is 0.277 e. The van der Waals surface area contributed by atoms with E-state index in [1.165, 1.54) is 23.5 Å². The summed E-state index contributed by atoms with van der Waals surface area (Å²) in [4.78, 5) is 12.5. The van der Waals surface area contributed by atoms with Gasteiger partial charge in [0.15, 0.2) is 0 Å². The minimum atomic E-state index is -0.430. The van der Waals surface area contributed by atoms with E-state index in [1.807, 2.05) is 5.43 Å². The van der Waals surface area contributed by atoms with Gasteiger partial charge in [0.1, 0.15) is 10.7 Å². The zero-order chi connectivity index (χ0) is 12.4. The maximum absolute atomic E-state index is 12.8. The summed E-state index contributed by atoms with van der Waals surface area (Å²) in [6.07, 6.45) is 0. The van der Waals surface area contributed by atoms with Crippen molar-refractivity contribution in [3.8, 4) is 10.4 Å². The Labute approximate surface area is 101 Å². The molecule has 0 unspecified atom stereocenters. The second kappa shape index (κ2) is 4.52.